The summed E-state index contributed by atoms with van der Waals surface area (Å²) in [6, 6.07) is 3.31. The SMILES string of the molecule is CC1NCCN(S(=O)(=O)c2ccc(Cl)s2)C1C.Cl. The van der Waals surface area contributed by atoms with E-state index in [9.17, 15) is 8.42 Å². The molecule has 0 bridgehead atoms. The third-order valence-corrected chi connectivity index (χ3v) is 6.77. The molecule has 2 heterocycles. The molecule has 0 amide bonds. The molecule has 1 aromatic heterocycles. The van der Waals surface area contributed by atoms with E-state index in [1.165, 1.54) is 0 Å². The molecule has 1 aliphatic heterocycles. The quantitative estimate of drug-likeness (QED) is 0.904. The average Bonchev–Trinajstić information content (AvgIpc) is 2.69. The van der Waals surface area contributed by atoms with Gasteiger partial charge in [0.05, 0.1) is 4.34 Å². The van der Waals surface area contributed by atoms with E-state index in [2.05, 4.69) is 5.32 Å². The predicted octanol–water partition coefficient (Wildman–Crippen LogP) is 2.19. The largest absolute Gasteiger partial charge is 0.311 e. The summed E-state index contributed by atoms with van der Waals surface area (Å²) in [6.45, 7) is 5.10. The Bertz CT molecular complexity index is 504. The van der Waals surface area contributed by atoms with Crippen molar-refractivity contribution in [3.8, 4) is 0 Å². The highest BCUT2D eigenvalue weighted by atomic mass is 35.5. The van der Waals surface area contributed by atoms with Gasteiger partial charge < -0.3 is 5.32 Å². The van der Waals surface area contributed by atoms with Gasteiger partial charge in [0.1, 0.15) is 4.21 Å². The van der Waals surface area contributed by atoms with Crippen molar-refractivity contribution >= 4 is 45.4 Å². The average molecular weight is 331 g/mol. The van der Waals surface area contributed by atoms with Crippen LogP contribution in [-0.4, -0.2) is 37.9 Å². The number of rotatable bonds is 2. The lowest BCUT2D eigenvalue weighted by molar-refractivity contribution is 0.233. The summed E-state index contributed by atoms with van der Waals surface area (Å²) in [5.74, 6) is 0. The summed E-state index contributed by atoms with van der Waals surface area (Å²) in [5, 5.41) is 3.26. The molecule has 1 saturated heterocycles. The Balaban J connectivity index is 0.00000162. The van der Waals surface area contributed by atoms with Gasteiger partial charge >= 0.3 is 0 Å². The Morgan fingerprint density at radius 3 is 2.67 bits per heavy atom. The lowest BCUT2D eigenvalue weighted by atomic mass is 10.1. The van der Waals surface area contributed by atoms with Gasteiger partial charge in [-0.15, -0.1) is 23.7 Å². The van der Waals surface area contributed by atoms with Crippen molar-refractivity contribution in [2.24, 2.45) is 0 Å². The van der Waals surface area contributed by atoms with Crippen molar-refractivity contribution in [2.45, 2.75) is 30.1 Å². The molecule has 1 N–H and O–H groups in total. The number of halogens is 2. The van der Waals surface area contributed by atoms with E-state index in [-0.39, 0.29) is 24.5 Å². The van der Waals surface area contributed by atoms with Gasteiger partial charge in [-0.3, -0.25) is 0 Å². The molecule has 0 aliphatic carbocycles. The first-order valence-electron chi connectivity index (χ1n) is 5.43. The van der Waals surface area contributed by atoms with E-state index in [0.717, 1.165) is 11.3 Å². The molecule has 0 radical (unpaired) electrons. The Morgan fingerprint density at radius 1 is 1.44 bits per heavy atom. The minimum absolute atomic E-state index is 0. The Labute approximate surface area is 123 Å². The molecule has 2 unspecified atom stereocenters. The lowest BCUT2D eigenvalue weighted by Crippen LogP contribution is -2.56. The summed E-state index contributed by atoms with van der Waals surface area (Å²) < 4.78 is 27.2. The number of sulfonamides is 1. The molecule has 104 valence electrons. The standard InChI is InChI=1S/C10H15ClN2O2S2.ClH/c1-7-8(2)13(6-5-12-7)17(14,15)10-4-3-9(11)16-10;/h3-4,7-8,12H,5-6H2,1-2H3;1H. The third kappa shape index (κ3) is 3.00. The maximum absolute atomic E-state index is 12.4. The zero-order valence-electron chi connectivity index (χ0n) is 10.1. The summed E-state index contributed by atoms with van der Waals surface area (Å²) in [7, 11) is -3.40. The van der Waals surface area contributed by atoms with Gasteiger partial charge in [-0.1, -0.05) is 11.6 Å². The second-order valence-electron chi connectivity index (χ2n) is 4.16. The number of hydrogen-bond donors (Lipinski definition) is 1. The van der Waals surface area contributed by atoms with E-state index in [0.29, 0.717) is 21.6 Å². The highest BCUT2D eigenvalue weighted by molar-refractivity contribution is 7.91. The van der Waals surface area contributed by atoms with Gasteiger partial charge in [0.2, 0.25) is 0 Å². The van der Waals surface area contributed by atoms with Crippen LogP contribution < -0.4 is 5.32 Å². The van der Waals surface area contributed by atoms with Gasteiger partial charge in [0.15, 0.2) is 0 Å². The van der Waals surface area contributed by atoms with Crippen LogP contribution in [0.2, 0.25) is 4.34 Å². The van der Waals surface area contributed by atoms with Crippen LogP contribution in [0.15, 0.2) is 16.3 Å². The molecule has 1 aromatic rings. The van der Waals surface area contributed by atoms with Crippen molar-refractivity contribution in [2.75, 3.05) is 13.1 Å². The normalized spacial score (nSPS) is 25.7. The summed E-state index contributed by atoms with van der Waals surface area (Å²) in [4.78, 5) is 0. The molecule has 2 rings (SSSR count). The summed E-state index contributed by atoms with van der Waals surface area (Å²) in [5.41, 5.74) is 0. The maximum atomic E-state index is 12.4. The van der Waals surface area contributed by atoms with Crippen LogP contribution in [0.5, 0.6) is 0 Å². The van der Waals surface area contributed by atoms with Crippen LogP contribution in [0, 0.1) is 0 Å². The number of nitrogens with one attached hydrogen (secondary N) is 1. The fourth-order valence-corrected chi connectivity index (χ4v) is 5.23. The number of hydrogen-bond acceptors (Lipinski definition) is 4. The van der Waals surface area contributed by atoms with E-state index < -0.39 is 10.0 Å². The minimum Gasteiger partial charge on any atom is -0.311 e. The lowest BCUT2D eigenvalue weighted by Gasteiger charge is -2.37. The highest BCUT2D eigenvalue weighted by Crippen LogP contribution is 2.29. The number of thiophene rings is 1. The van der Waals surface area contributed by atoms with Crippen LogP contribution >= 0.6 is 35.3 Å². The van der Waals surface area contributed by atoms with E-state index in [4.69, 9.17) is 11.6 Å². The van der Waals surface area contributed by atoms with Crippen molar-refractivity contribution in [1.29, 1.82) is 0 Å². The first-order chi connectivity index (χ1) is 7.93. The molecule has 2 atom stereocenters. The van der Waals surface area contributed by atoms with Crippen LogP contribution in [0.4, 0.5) is 0 Å². The van der Waals surface area contributed by atoms with Crippen molar-refractivity contribution < 1.29 is 8.42 Å². The highest BCUT2D eigenvalue weighted by Gasteiger charge is 2.35. The minimum atomic E-state index is -3.40. The number of piperazine rings is 1. The summed E-state index contributed by atoms with van der Waals surface area (Å²) >= 11 is 6.90. The van der Waals surface area contributed by atoms with Gasteiger partial charge in [0, 0.05) is 25.2 Å². The molecule has 0 aromatic carbocycles. The van der Waals surface area contributed by atoms with Crippen LogP contribution in [-0.2, 0) is 10.0 Å². The van der Waals surface area contributed by atoms with Crippen LogP contribution in [0.3, 0.4) is 0 Å². The molecular formula is C10H16Cl2N2O2S2. The molecule has 0 spiro atoms. The second kappa shape index (κ2) is 6.07. The third-order valence-electron chi connectivity index (χ3n) is 3.09. The van der Waals surface area contributed by atoms with Gasteiger partial charge in [0.25, 0.3) is 10.0 Å². The van der Waals surface area contributed by atoms with Crippen molar-refractivity contribution in [3.63, 3.8) is 0 Å². The zero-order chi connectivity index (χ0) is 12.6. The smallest absolute Gasteiger partial charge is 0.252 e. The monoisotopic (exact) mass is 330 g/mol. The van der Waals surface area contributed by atoms with Gasteiger partial charge in [-0.25, -0.2) is 8.42 Å². The van der Waals surface area contributed by atoms with E-state index >= 15 is 0 Å². The number of nitrogens with zero attached hydrogens (tertiary/aromatic N) is 1. The fourth-order valence-electron chi connectivity index (χ4n) is 1.92. The fraction of sp³-hybridized carbons (Fsp3) is 0.600. The van der Waals surface area contributed by atoms with Crippen molar-refractivity contribution in [1.82, 2.24) is 9.62 Å². The molecule has 1 fully saturated rings. The zero-order valence-corrected chi connectivity index (χ0v) is 13.3. The first-order valence-corrected chi connectivity index (χ1v) is 8.07. The Kier molecular flexibility index (Phi) is 5.46. The molecular weight excluding hydrogens is 315 g/mol. The molecule has 4 nitrogen and oxygen atoms in total. The topological polar surface area (TPSA) is 49.4 Å². The maximum Gasteiger partial charge on any atom is 0.252 e. The predicted molar refractivity (Wildman–Crippen MR) is 77.4 cm³/mol. The molecule has 1 aliphatic rings. The van der Waals surface area contributed by atoms with E-state index in [1.54, 1.807) is 16.4 Å². The first kappa shape index (κ1) is 16.2. The van der Waals surface area contributed by atoms with Crippen LogP contribution in [0.1, 0.15) is 13.8 Å². The van der Waals surface area contributed by atoms with E-state index in [1.807, 2.05) is 13.8 Å². The Hall–Kier alpha value is 0.150. The van der Waals surface area contributed by atoms with Gasteiger partial charge in [-0.2, -0.15) is 4.31 Å². The van der Waals surface area contributed by atoms with Gasteiger partial charge in [-0.05, 0) is 26.0 Å². The molecule has 0 saturated carbocycles. The molecule has 18 heavy (non-hydrogen) atoms. The van der Waals surface area contributed by atoms with Crippen molar-refractivity contribution in [3.05, 3.63) is 16.5 Å². The van der Waals surface area contributed by atoms with Crippen LogP contribution in [0.25, 0.3) is 0 Å². The molecule has 8 heteroatoms. The summed E-state index contributed by atoms with van der Waals surface area (Å²) in [6.07, 6.45) is 0. The second-order valence-corrected chi connectivity index (χ2v) is 7.99. The Morgan fingerprint density at radius 2 is 2.11 bits per heavy atom.